The Morgan fingerprint density at radius 1 is 1.20 bits per heavy atom. The summed E-state index contributed by atoms with van der Waals surface area (Å²) in [5.74, 6) is 0. The van der Waals surface area contributed by atoms with Gasteiger partial charge in [0.25, 0.3) is 0 Å². The zero-order valence-corrected chi connectivity index (χ0v) is 7.96. The number of allylic oxidation sites excluding steroid dienone is 1. The Bertz CT molecular complexity index is 527. The zero-order chi connectivity index (χ0) is 10.7. The van der Waals surface area contributed by atoms with Crippen LogP contribution in [-0.4, -0.2) is 6.29 Å². The van der Waals surface area contributed by atoms with Crippen LogP contribution in [0.1, 0.15) is 0 Å². The Morgan fingerprint density at radius 3 is 2.67 bits per heavy atom. The molecule has 0 N–H and O–H groups in total. The molecule has 74 valence electrons. The van der Waals surface area contributed by atoms with Crippen LogP contribution >= 0.6 is 0 Å². The predicted molar refractivity (Wildman–Crippen MR) is 54.5 cm³/mol. The molecule has 2 rings (SSSR count). The van der Waals surface area contributed by atoms with Crippen LogP contribution in [0.3, 0.4) is 0 Å². The maximum absolute atomic E-state index is 10.7. The van der Waals surface area contributed by atoms with Crippen molar-refractivity contribution >= 4 is 22.9 Å². The molecule has 0 aliphatic heterocycles. The lowest BCUT2D eigenvalue weighted by atomic mass is 10.2. The van der Waals surface area contributed by atoms with Crippen molar-refractivity contribution in [2.24, 2.45) is 0 Å². The molecule has 0 spiro atoms. The summed E-state index contributed by atoms with van der Waals surface area (Å²) in [4.78, 5) is 10.7. The van der Waals surface area contributed by atoms with E-state index >= 15 is 0 Å². The van der Waals surface area contributed by atoms with E-state index in [2.05, 4.69) is 0 Å². The molecule has 0 saturated carbocycles. The number of hydrogen-bond donors (Lipinski definition) is 0. The van der Waals surface area contributed by atoms with Crippen LogP contribution in [0.2, 0.25) is 0 Å². The molecule has 0 amide bonds. The fourth-order valence-corrected chi connectivity index (χ4v) is 1.53. The summed E-state index contributed by atoms with van der Waals surface area (Å²) in [6.45, 7) is 0. The molecule has 0 fully saturated rings. The molecule has 1 aromatic carbocycles. The second-order valence-electron chi connectivity index (χ2n) is 3.10. The van der Waals surface area contributed by atoms with E-state index in [0.717, 1.165) is 10.9 Å². The third-order valence-corrected chi connectivity index (χ3v) is 2.23. The van der Waals surface area contributed by atoms with Gasteiger partial charge in [0.15, 0.2) is 6.20 Å². The number of rotatable bonds is 2. The van der Waals surface area contributed by atoms with Crippen LogP contribution in [0.4, 0.5) is 0 Å². The molecule has 0 radical (unpaired) electrons. The number of benzene rings is 1. The lowest BCUT2D eigenvalue weighted by Gasteiger charge is -2.00. The zero-order valence-electron chi connectivity index (χ0n) is 7.96. The summed E-state index contributed by atoms with van der Waals surface area (Å²) in [6.07, 6.45) is 2.80. The largest absolute Gasteiger partial charge is 0.873 e. The Kier molecular flexibility index (Phi) is 2.46. The van der Waals surface area contributed by atoms with Gasteiger partial charge < -0.3 is 5.11 Å². The maximum Gasteiger partial charge on any atom is 0.235 e. The Morgan fingerprint density at radius 2 is 1.93 bits per heavy atom. The van der Waals surface area contributed by atoms with Gasteiger partial charge >= 0.3 is 0 Å². The molecular weight excluding hydrogens is 190 g/mol. The molecule has 15 heavy (non-hydrogen) atoms. The number of aldehydes is 1. The van der Waals surface area contributed by atoms with Gasteiger partial charge in [0.2, 0.25) is 17.5 Å². The molecule has 1 aromatic heterocycles. The second-order valence-corrected chi connectivity index (χ2v) is 3.10. The molecule has 1 heterocycles. The van der Waals surface area contributed by atoms with Crippen molar-refractivity contribution < 1.29 is 14.5 Å². The smallest absolute Gasteiger partial charge is 0.235 e. The van der Waals surface area contributed by atoms with Gasteiger partial charge in [-0.1, -0.05) is 18.4 Å². The van der Waals surface area contributed by atoms with Gasteiger partial charge in [-0.2, -0.15) is 4.57 Å². The van der Waals surface area contributed by atoms with Crippen molar-refractivity contribution in [3.05, 3.63) is 48.9 Å². The first-order valence-corrected chi connectivity index (χ1v) is 4.54. The predicted octanol–water partition coefficient (Wildman–Crippen LogP) is 0.485. The average Bonchev–Trinajstić information content (AvgIpc) is 2.31. The normalized spacial score (nSPS) is 11.6. The molecular formula is C12H9NO2. The average molecular weight is 199 g/mol. The molecule has 0 bridgehead atoms. The summed E-state index contributed by atoms with van der Waals surface area (Å²) in [6, 6.07) is 11.3. The van der Waals surface area contributed by atoms with E-state index in [1.807, 2.05) is 30.3 Å². The third kappa shape index (κ3) is 1.59. The van der Waals surface area contributed by atoms with Crippen LogP contribution in [-0.2, 0) is 4.79 Å². The molecule has 0 aliphatic rings. The third-order valence-electron chi connectivity index (χ3n) is 2.23. The van der Waals surface area contributed by atoms with Gasteiger partial charge in [-0.25, -0.2) is 0 Å². The number of fused-ring (bicyclic) bond motifs is 1. The summed E-state index contributed by atoms with van der Waals surface area (Å²) in [7, 11) is 0. The van der Waals surface area contributed by atoms with E-state index in [4.69, 9.17) is 0 Å². The highest BCUT2D eigenvalue weighted by atomic mass is 16.2. The van der Waals surface area contributed by atoms with Gasteiger partial charge in [0, 0.05) is 17.5 Å². The number of aromatic nitrogens is 1. The van der Waals surface area contributed by atoms with E-state index in [9.17, 15) is 9.90 Å². The van der Waals surface area contributed by atoms with Crippen molar-refractivity contribution in [3.8, 4) is 0 Å². The van der Waals surface area contributed by atoms with Crippen molar-refractivity contribution in [2.75, 3.05) is 0 Å². The van der Waals surface area contributed by atoms with Gasteiger partial charge in [0.1, 0.15) is 0 Å². The quantitative estimate of drug-likeness (QED) is 0.306. The summed E-state index contributed by atoms with van der Waals surface area (Å²) in [5.41, 5.74) is 0.945. The summed E-state index contributed by atoms with van der Waals surface area (Å²) in [5, 5.41) is 11.7. The van der Waals surface area contributed by atoms with Gasteiger partial charge in [-0.3, -0.25) is 4.79 Å². The van der Waals surface area contributed by atoms with Gasteiger partial charge in [-0.15, -0.1) is 0 Å². The van der Waals surface area contributed by atoms with Crippen molar-refractivity contribution in [2.45, 2.75) is 0 Å². The first-order chi connectivity index (χ1) is 7.36. The minimum Gasteiger partial charge on any atom is -0.873 e. The van der Waals surface area contributed by atoms with E-state index in [0.29, 0.717) is 12.5 Å². The Hall–Kier alpha value is -2.16. The van der Waals surface area contributed by atoms with E-state index < -0.39 is 0 Å². The summed E-state index contributed by atoms with van der Waals surface area (Å²) < 4.78 is 1.58. The highest BCUT2D eigenvalue weighted by Gasteiger charge is 2.10. The Labute approximate surface area is 86.9 Å². The van der Waals surface area contributed by atoms with Crippen LogP contribution < -0.4 is 9.67 Å². The number of hydrogen-bond acceptors (Lipinski definition) is 2. The van der Waals surface area contributed by atoms with E-state index in [-0.39, 0.29) is 5.70 Å². The van der Waals surface area contributed by atoms with Crippen LogP contribution in [0.25, 0.3) is 16.6 Å². The van der Waals surface area contributed by atoms with Gasteiger partial charge in [0.05, 0.1) is 0 Å². The molecule has 3 heteroatoms. The second kappa shape index (κ2) is 3.92. The van der Waals surface area contributed by atoms with Crippen molar-refractivity contribution in [1.82, 2.24) is 0 Å². The SMILES string of the molecule is O=C/C(=C\[O-])[n+]1cccc2ccccc21. The van der Waals surface area contributed by atoms with E-state index in [1.54, 1.807) is 16.8 Å². The topological polar surface area (TPSA) is 44.0 Å². The first kappa shape index (κ1) is 9.40. The molecule has 0 saturated heterocycles. The Balaban J connectivity index is 2.76. The highest BCUT2D eigenvalue weighted by Crippen LogP contribution is 2.09. The number of para-hydroxylation sites is 1. The minimum absolute atomic E-state index is 0.104. The van der Waals surface area contributed by atoms with Crippen LogP contribution in [0.5, 0.6) is 0 Å². The number of carbonyl (C=O) groups is 1. The molecule has 0 aliphatic carbocycles. The lowest BCUT2D eigenvalue weighted by Crippen LogP contribution is -2.34. The van der Waals surface area contributed by atoms with Gasteiger partial charge in [-0.05, 0) is 12.1 Å². The molecule has 0 unspecified atom stereocenters. The lowest BCUT2D eigenvalue weighted by molar-refractivity contribution is -0.551. The molecule has 2 aromatic rings. The number of carbonyl (C=O) groups excluding carboxylic acids is 1. The highest BCUT2D eigenvalue weighted by molar-refractivity contribution is 5.94. The fourth-order valence-electron chi connectivity index (χ4n) is 1.53. The molecule has 0 atom stereocenters. The molecule has 3 nitrogen and oxygen atoms in total. The standard InChI is InChI=1S/C12H9NO2/c14-8-11(9-15)13-7-3-5-10-4-1-2-6-12(10)13/h1-9H. The first-order valence-electron chi connectivity index (χ1n) is 4.54. The maximum atomic E-state index is 10.7. The summed E-state index contributed by atoms with van der Waals surface area (Å²) >= 11 is 0. The number of pyridine rings is 1. The van der Waals surface area contributed by atoms with Crippen LogP contribution in [0.15, 0.2) is 48.9 Å². The number of nitrogens with zero attached hydrogens (tertiary/aromatic N) is 1. The fraction of sp³-hybridized carbons (Fsp3) is 0. The van der Waals surface area contributed by atoms with E-state index in [1.165, 1.54) is 0 Å². The van der Waals surface area contributed by atoms with Crippen molar-refractivity contribution in [3.63, 3.8) is 0 Å². The monoisotopic (exact) mass is 199 g/mol. The van der Waals surface area contributed by atoms with Crippen LogP contribution in [0, 0.1) is 0 Å². The van der Waals surface area contributed by atoms with Crippen molar-refractivity contribution in [1.29, 1.82) is 0 Å². The minimum atomic E-state index is 0.104.